The van der Waals surface area contributed by atoms with E-state index in [1.165, 1.54) is 62.5 Å². The first-order valence-electron chi connectivity index (χ1n) is 11.5. The number of pyridine rings is 2. The summed E-state index contributed by atoms with van der Waals surface area (Å²) < 4.78 is 91.8. The molecule has 10 nitrogen and oxygen atoms in total. The van der Waals surface area contributed by atoms with Gasteiger partial charge in [-0.2, -0.15) is 0 Å². The lowest BCUT2D eigenvalue weighted by atomic mass is 10.2. The van der Waals surface area contributed by atoms with E-state index in [1.54, 1.807) is 6.07 Å². The van der Waals surface area contributed by atoms with Crippen molar-refractivity contribution in [3.63, 3.8) is 0 Å². The molecule has 2 heterocycles. The van der Waals surface area contributed by atoms with Crippen LogP contribution in [0, 0.1) is 24.0 Å². The Labute approximate surface area is 233 Å². The van der Waals surface area contributed by atoms with Crippen LogP contribution in [0.1, 0.15) is 11.1 Å². The zero-order valence-electron chi connectivity index (χ0n) is 21.6. The Morgan fingerprint density at radius 1 is 0.714 bits per heavy atom. The molecular weight excluding hydrogens is 578 g/mol. The molecular formula is C26H20F6N4O6. The second-order valence-corrected chi connectivity index (χ2v) is 8.20. The fraction of sp³-hybridized carbons (Fsp3) is 0.154. The summed E-state index contributed by atoms with van der Waals surface area (Å²) in [6.07, 6.45) is -7.19. The van der Waals surface area contributed by atoms with Crippen LogP contribution < -0.4 is 24.7 Å². The number of alkyl halides is 6. The van der Waals surface area contributed by atoms with Gasteiger partial charge in [-0.3, -0.25) is 10.1 Å². The molecule has 4 aromatic rings. The maximum Gasteiger partial charge on any atom is 0.573 e. The van der Waals surface area contributed by atoms with Crippen molar-refractivity contribution in [3.8, 4) is 34.8 Å². The van der Waals surface area contributed by atoms with E-state index >= 15 is 0 Å². The summed E-state index contributed by atoms with van der Waals surface area (Å²) in [5, 5.41) is 10.5. The van der Waals surface area contributed by atoms with Gasteiger partial charge in [-0.1, -0.05) is 12.1 Å². The van der Waals surface area contributed by atoms with Crippen molar-refractivity contribution >= 4 is 11.4 Å². The van der Waals surface area contributed by atoms with Crippen LogP contribution >= 0.6 is 0 Å². The monoisotopic (exact) mass is 598 g/mol. The molecule has 0 aliphatic heterocycles. The van der Waals surface area contributed by atoms with Crippen molar-refractivity contribution in [2.75, 3.05) is 5.73 Å². The van der Waals surface area contributed by atoms with Crippen LogP contribution in [-0.2, 0) is 0 Å². The highest BCUT2D eigenvalue weighted by molar-refractivity contribution is 5.43. The Hall–Kier alpha value is -5.28. The Kier molecular flexibility index (Phi) is 9.62. The second kappa shape index (κ2) is 12.9. The number of hydrogen-bond donors (Lipinski definition) is 1. The fourth-order valence-electron chi connectivity index (χ4n) is 2.99. The summed E-state index contributed by atoms with van der Waals surface area (Å²) in [7, 11) is 0. The molecule has 4 rings (SSSR count). The zero-order chi connectivity index (χ0) is 31.1. The smallest absolute Gasteiger partial charge is 0.439 e. The molecule has 2 aromatic heterocycles. The second-order valence-electron chi connectivity index (χ2n) is 8.20. The van der Waals surface area contributed by atoms with Crippen molar-refractivity contribution in [2.45, 2.75) is 26.6 Å². The van der Waals surface area contributed by atoms with Gasteiger partial charge in [0, 0.05) is 30.3 Å². The summed E-state index contributed by atoms with van der Waals surface area (Å²) in [5.41, 5.74) is 6.33. The molecule has 0 atom stereocenters. The van der Waals surface area contributed by atoms with Crippen LogP contribution in [0.15, 0.2) is 73.1 Å². The third-order valence-electron chi connectivity index (χ3n) is 4.91. The fourth-order valence-corrected chi connectivity index (χ4v) is 2.99. The topological polar surface area (TPSA) is 132 Å². The van der Waals surface area contributed by atoms with Crippen LogP contribution in [0.3, 0.4) is 0 Å². The highest BCUT2D eigenvalue weighted by Gasteiger charge is 2.32. The number of nitrogens with zero attached hydrogens (tertiary/aromatic N) is 3. The summed E-state index contributed by atoms with van der Waals surface area (Å²) in [6.45, 7) is 2.96. The van der Waals surface area contributed by atoms with Gasteiger partial charge in [0.05, 0.1) is 16.8 Å². The number of benzene rings is 2. The Morgan fingerprint density at radius 3 is 1.52 bits per heavy atom. The van der Waals surface area contributed by atoms with E-state index in [-0.39, 0.29) is 40.3 Å². The molecule has 0 radical (unpaired) electrons. The standard InChI is InChI=1S/C13H9F3N2O4.C13H11F3N2O2/c1-8-2-4-10(6-11(8)22-13(14,15)16)21-12-5-3-9(7-17-12)18(19)20;1-8-2-4-10(6-11(8)20-13(14,15)16)19-12-5-3-9(17)7-18-12/h2-7H,1H3;2-7H,17H2,1H3. The number of halogens is 6. The molecule has 0 spiro atoms. The molecule has 2 aromatic carbocycles. The van der Waals surface area contributed by atoms with Gasteiger partial charge in [0.15, 0.2) is 0 Å². The average molecular weight is 598 g/mol. The van der Waals surface area contributed by atoms with E-state index in [1.807, 2.05) is 0 Å². The molecule has 0 aliphatic rings. The normalized spacial score (nSPS) is 11.1. The molecule has 0 unspecified atom stereocenters. The van der Waals surface area contributed by atoms with E-state index in [2.05, 4.69) is 19.4 Å². The van der Waals surface area contributed by atoms with Crippen LogP contribution in [-0.4, -0.2) is 27.6 Å². The van der Waals surface area contributed by atoms with Gasteiger partial charge in [-0.05, 0) is 43.2 Å². The van der Waals surface area contributed by atoms with Crippen LogP contribution in [0.5, 0.6) is 34.8 Å². The van der Waals surface area contributed by atoms with Gasteiger partial charge in [0.1, 0.15) is 29.2 Å². The maximum absolute atomic E-state index is 12.3. The van der Waals surface area contributed by atoms with Gasteiger partial charge < -0.3 is 24.7 Å². The van der Waals surface area contributed by atoms with Gasteiger partial charge in [-0.15, -0.1) is 26.3 Å². The number of nitrogens with two attached hydrogens (primary N) is 1. The highest BCUT2D eigenvalue weighted by atomic mass is 19.4. The number of ether oxygens (including phenoxy) is 4. The summed E-state index contributed by atoms with van der Waals surface area (Å²) in [6, 6.07) is 13.5. The molecule has 2 N–H and O–H groups in total. The summed E-state index contributed by atoms with van der Waals surface area (Å²) in [4.78, 5) is 17.4. The molecule has 0 amide bonds. The van der Waals surface area contributed by atoms with Crippen molar-refractivity contribution in [1.29, 1.82) is 0 Å². The van der Waals surface area contributed by atoms with E-state index in [9.17, 15) is 36.5 Å². The van der Waals surface area contributed by atoms with E-state index in [0.717, 1.165) is 18.3 Å². The minimum absolute atomic E-state index is 0.00686. The molecule has 0 saturated carbocycles. The van der Waals surface area contributed by atoms with Gasteiger partial charge in [-0.25, -0.2) is 9.97 Å². The lowest BCUT2D eigenvalue weighted by Crippen LogP contribution is -2.17. The van der Waals surface area contributed by atoms with Crippen molar-refractivity contribution in [1.82, 2.24) is 9.97 Å². The van der Waals surface area contributed by atoms with E-state index in [4.69, 9.17) is 15.2 Å². The number of hydrogen-bond acceptors (Lipinski definition) is 9. The van der Waals surface area contributed by atoms with E-state index < -0.39 is 23.4 Å². The molecule has 42 heavy (non-hydrogen) atoms. The molecule has 222 valence electrons. The minimum Gasteiger partial charge on any atom is -0.439 e. The lowest BCUT2D eigenvalue weighted by Gasteiger charge is -2.13. The molecule has 0 aliphatic carbocycles. The molecule has 0 bridgehead atoms. The zero-order valence-corrected chi connectivity index (χ0v) is 21.6. The highest BCUT2D eigenvalue weighted by Crippen LogP contribution is 2.33. The maximum atomic E-state index is 12.3. The Bertz CT molecular complexity index is 1510. The van der Waals surface area contributed by atoms with Crippen molar-refractivity contribution < 1.29 is 50.2 Å². The number of aromatic nitrogens is 2. The van der Waals surface area contributed by atoms with Gasteiger partial charge in [0.2, 0.25) is 11.8 Å². The quantitative estimate of drug-likeness (QED) is 0.129. The number of aryl methyl sites for hydroxylation is 2. The number of nitrogen functional groups attached to an aromatic ring is 1. The third-order valence-corrected chi connectivity index (χ3v) is 4.91. The van der Waals surface area contributed by atoms with E-state index in [0.29, 0.717) is 11.3 Å². The van der Waals surface area contributed by atoms with Gasteiger partial charge >= 0.3 is 12.7 Å². The SMILES string of the molecule is Cc1ccc(Oc2ccc(N)cn2)cc1OC(F)(F)F.Cc1ccc(Oc2ccc([N+](=O)[O-])cn2)cc1OC(F)(F)F. The van der Waals surface area contributed by atoms with Gasteiger partial charge in [0.25, 0.3) is 5.69 Å². The predicted octanol–water partition coefficient (Wildman–Crippen LogP) is 7.65. The number of anilines is 1. The molecule has 0 saturated heterocycles. The molecule has 0 fully saturated rings. The molecule has 16 heteroatoms. The largest absolute Gasteiger partial charge is 0.573 e. The number of nitro groups is 1. The van der Waals surface area contributed by atoms with Crippen molar-refractivity contribution in [3.05, 3.63) is 94.3 Å². The Morgan fingerprint density at radius 2 is 1.17 bits per heavy atom. The van der Waals surface area contributed by atoms with Crippen LogP contribution in [0.4, 0.5) is 37.7 Å². The first-order chi connectivity index (χ1) is 19.6. The average Bonchev–Trinajstić information content (AvgIpc) is 2.88. The lowest BCUT2D eigenvalue weighted by molar-refractivity contribution is -0.385. The number of rotatable bonds is 7. The summed E-state index contributed by atoms with van der Waals surface area (Å²) in [5.74, 6) is -0.232. The minimum atomic E-state index is -4.81. The summed E-state index contributed by atoms with van der Waals surface area (Å²) >= 11 is 0. The first kappa shape index (κ1) is 31.3. The Balaban J connectivity index is 0.000000231. The van der Waals surface area contributed by atoms with Crippen molar-refractivity contribution in [2.24, 2.45) is 0 Å². The first-order valence-corrected chi connectivity index (χ1v) is 11.5. The third kappa shape index (κ3) is 10.0. The predicted molar refractivity (Wildman–Crippen MR) is 135 cm³/mol. The van der Waals surface area contributed by atoms with Crippen LogP contribution in [0.2, 0.25) is 0 Å². The van der Waals surface area contributed by atoms with Crippen LogP contribution in [0.25, 0.3) is 0 Å².